The fourth-order valence-electron chi connectivity index (χ4n) is 2.42. The van der Waals surface area contributed by atoms with Gasteiger partial charge in [0.1, 0.15) is 0 Å². The van der Waals surface area contributed by atoms with E-state index < -0.39 is 0 Å². The number of nitrogens with one attached hydrogen (secondary N) is 1. The van der Waals surface area contributed by atoms with E-state index in [9.17, 15) is 0 Å². The predicted molar refractivity (Wildman–Crippen MR) is 79.8 cm³/mol. The molecule has 0 radical (unpaired) electrons. The summed E-state index contributed by atoms with van der Waals surface area (Å²) in [7, 11) is 0. The van der Waals surface area contributed by atoms with E-state index in [1.807, 2.05) is 0 Å². The lowest BCUT2D eigenvalue weighted by atomic mass is 10.1. The summed E-state index contributed by atoms with van der Waals surface area (Å²) in [5.41, 5.74) is 3.57. The highest BCUT2D eigenvalue weighted by molar-refractivity contribution is 5.36. The molecule has 2 rings (SSSR count). The van der Waals surface area contributed by atoms with Crippen molar-refractivity contribution in [3.63, 3.8) is 0 Å². The Morgan fingerprint density at radius 3 is 2.16 bits per heavy atom. The highest BCUT2D eigenvalue weighted by Crippen LogP contribution is 2.19. The fourth-order valence-corrected chi connectivity index (χ4v) is 2.42. The van der Waals surface area contributed by atoms with Gasteiger partial charge in [0.25, 0.3) is 0 Å². The molecule has 0 saturated heterocycles. The molecule has 1 fully saturated rings. The van der Waals surface area contributed by atoms with E-state index in [-0.39, 0.29) is 0 Å². The van der Waals surface area contributed by atoms with E-state index in [0.29, 0.717) is 0 Å². The van der Waals surface area contributed by atoms with E-state index in [1.165, 1.54) is 18.4 Å². The van der Waals surface area contributed by atoms with Crippen LogP contribution in [0.1, 0.15) is 43.6 Å². The van der Waals surface area contributed by atoms with E-state index in [4.69, 9.17) is 0 Å². The number of rotatable bonds is 7. The van der Waals surface area contributed by atoms with Gasteiger partial charge in [-0.25, -0.2) is 9.97 Å². The van der Waals surface area contributed by atoms with Gasteiger partial charge in [0, 0.05) is 30.5 Å². The zero-order valence-electron chi connectivity index (χ0n) is 12.7. The molecule has 19 heavy (non-hydrogen) atoms. The first-order chi connectivity index (χ1) is 9.15. The van der Waals surface area contributed by atoms with Crippen molar-refractivity contribution in [3.05, 3.63) is 17.0 Å². The number of aryl methyl sites for hydroxylation is 2. The molecule has 1 aromatic heterocycles. The topological polar surface area (TPSA) is 41.1 Å². The van der Waals surface area contributed by atoms with E-state index in [0.717, 1.165) is 49.4 Å². The van der Waals surface area contributed by atoms with Gasteiger partial charge in [0.05, 0.1) is 0 Å². The monoisotopic (exact) mass is 262 g/mol. The highest BCUT2D eigenvalue weighted by Gasteiger charge is 2.20. The summed E-state index contributed by atoms with van der Waals surface area (Å²) < 4.78 is 0. The summed E-state index contributed by atoms with van der Waals surface area (Å²) in [6.07, 6.45) is 3.72. The van der Waals surface area contributed by atoms with Gasteiger partial charge in [-0.2, -0.15) is 0 Å². The van der Waals surface area contributed by atoms with Crippen molar-refractivity contribution in [2.75, 3.05) is 24.5 Å². The molecule has 0 aliphatic heterocycles. The Bertz CT molecular complexity index is 399. The molecule has 1 N–H and O–H groups in total. The normalized spacial score (nSPS) is 14.7. The van der Waals surface area contributed by atoms with Gasteiger partial charge in [-0.3, -0.25) is 0 Å². The second-order valence-electron chi connectivity index (χ2n) is 5.32. The van der Waals surface area contributed by atoms with E-state index in [1.54, 1.807) is 0 Å². The van der Waals surface area contributed by atoms with Gasteiger partial charge in [0.2, 0.25) is 5.95 Å². The minimum Gasteiger partial charge on any atom is -0.341 e. The molecule has 106 valence electrons. The lowest BCUT2D eigenvalue weighted by Gasteiger charge is -2.20. The molecule has 0 unspecified atom stereocenters. The van der Waals surface area contributed by atoms with Gasteiger partial charge in [0.15, 0.2) is 0 Å². The van der Waals surface area contributed by atoms with Crippen LogP contribution in [0.25, 0.3) is 0 Å². The number of anilines is 1. The molecule has 0 amide bonds. The van der Waals surface area contributed by atoms with Crippen molar-refractivity contribution in [1.29, 1.82) is 0 Å². The molecule has 4 heteroatoms. The number of nitrogens with zero attached hydrogens (tertiary/aromatic N) is 3. The molecule has 0 spiro atoms. The van der Waals surface area contributed by atoms with Crippen molar-refractivity contribution < 1.29 is 0 Å². The van der Waals surface area contributed by atoms with Crippen LogP contribution in [0, 0.1) is 13.8 Å². The molecular weight excluding hydrogens is 236 g/mol. The third-order valence-electron chi connectivity index (χ3n) is 3.84. The molecular formula is C15H26N4. The fraction of sp³-hybridized carbons (Fsp3) is 0.733. The zero-order valence-corrected chi connectivity index (χ0v) is 12.7. The molecule has 1 saturated carbocycles. The van der Waals surface area contributed by atoms with Crippen LogP contribution in [-0.4, -0.2) is 35.6 Å². The van der Waals surface area contributed by atoms with Crippen molar-refractivity contribution in [2.24, 2.45) is 0 Å². The Morgan fingerprint density at radius 2 is 1.68 bits per heavy atom. The summed E-state index contributed by atoms with van der Waals surface area (Å²) >= 11 is 0. The molecule has 1 heterocycles. The van der Waals surface area contributed by atoms with Crippen LogP contribution in [0.4, 0.5) is 5.95 Å². The van der Waals surface area contributed by atoms with Gasteiger partial charge < -0.3 is 10.2 Å². The largest absolute Gasteiger partial charge is 0.341 e. The molecule has 0 atom stereocenters. The second kappa shape index (κ2) is 6.33. The maximum atomic E-state index is 4.68. The zero-order chi connectivity index (χ0) is 13.8. The van der Waals surface area contributed by atoms with Gasteiger partial charge >= 0.3 is 0 Å². The molecule has 1 aliphatic carbocycles. The first-order valence-electron chi connectivity index (χ1n) is 7.48. The molecule has 1 aliphatic rings. The number of aromatic nitrogens is 2. The lowest BCUT2D eigenvalue weighted by molar-refractivity contribution is 0.674. The van der Waals surface area contributed by atoms with Gasteiger partial charge in [-0.15, -0.1) is 0 Å². The number of hydrogen-bond donors (Lipinski definition) is 1. The first kappa shape index (κ1) is 14.3. The standard InChI is InChI=1S/C15H26N4/c1-5-19(6-2)15-17-11(3)14(12(4)18-15)9-10-16-13-7-8-13/h13,16H,5-10H2,1-4H3. The van der Waals surface area contributed by atoms with Crippen LogP contribution in [0.15, 0.2) is 0 Å². The number of hydrogen-bond acceptors (Lipinski definition) is 4. The molecule has 0 bridgehead atoms. The van der Waals surface area contributed by atoms with Crippen molar-refractivity contribution >= 4 is 5.95 Å². The first-order valence-corrected chi connectivity index (χ1v) is 7.48. The average molecular weight is 262 g/mol. The SMILES string of the molecule is CCN(CC)c1nc(C)c(CCNC2CC2)c(C)n1. The summed E-state index contributed by atoms with van der Waals surface area (Å²) in [6.45, 7) is 11.5. The maximum Gasteiger partial charge on any atom is 0.225 e. The van der Waals surface area contributed by atoms with E-state index in [2.05, 4.69) is 47.9 Å². The van der Waals surface area contributed by atoms with Crippen LogP contribution in [0.3, 0.4) is 0 Å². The van der Waals surface area contributed by atoms with E-state index >= 15 is 0 Å². The van der Waals surface area contributed by atoms with Crippen molar-refractivity contribution in [3.8, 4) is 0 Å². The van der Waals surface area contributed by atoms with Crippen LogP contribution >= 0.6 is 0 Å². The van der Waals surface area contributed by atoms with Crippen LogP contribution in [-0.2, 0) is 6.42 Å². The summed E-state index contributed by atoms with van der Waals surface area (Å²) in [5, 5.41) is 3.55. The van der Waals surface area contributed by atoms with Crippen LogP contribution < -0.4 is 10.2 Å². The van der Waals surface area contributed by atoms with Gasteiger partial charge in [-0.05, 0) is 59.1 Å². The Hall–Kier alpha value is -1.16. The third-order valence-corrected chi connectivity index (χ3v) is 3.84. The molecule has 4 nitrogen and oxygen atoms in total. The van der Waals surface area contributed by atoms with Gasteiger partial charge in [-0.1, -0.05) is 0 Å². The Morgan fingerprint density at radius 1 is 1.11 bits per heavy atom. The predicted octanol–water partition coefficient (Wildman–Crippen LogP) is 2.23. The third kappa shape index (κ3) is 3.66. The summed E-state index contributed by atoms with van der Waals surface area (Å²) in [6, 6.07) is 0.775. The van der Waals surface area contributed by atoms with Crippen molar-refractivity contribution in [1.82, 2.24) is 15.3 Å². The molecule has 1 aromatic rings. The smallest absolute Gasteiger partial charge is 0.225 e. The Balaban J connectivity index is 2.06. The minimum absolute atomic E-state index is 0.775. The van der Waals surface area contributed by atoms with Crippen LogP contribution in [0.2, 0.25) is 0 Å². The second-order valence-corrected chi connectivity index (χ2v) is 5.32. The summed E-state index contributed by atoms with van der Waals surface area (Å²) in [4.78, 5) is 11.6. The van der Waals surface area contributed by atoms with Crippen LogP contribution in [0.5, 0.6) is 0 Å². The lowest BCUT2D eigenvalue weighted by Crippen LogP contribution is -2.26. The Labute approximate surface area is 116 Å². The molecule has 0 aromatic carbocycles. The highest BCUT2D eigenvalue weighted by atomic mass is 15.2. The van der Waals surface area contributed by atoms with Crippen molar-refractivity contribution in [2.45, 2.75) is 53.0 Å². The average Bonchev–Trinajstić information content (AvgIpc) is 3.18. The summed E-state index contributed by atoms with van der Waals surface area (Å²) in [5.74, 6) is 0.874. The maximum absolute atomic E-state index is 4.68. The quantitative estimate of drug-likeness (QED) is 0.818. The minimum atomic E-state index is 0.775. The Kier molecular flexibility index (Phi) is 4.75.